The lowest BCUT2D eigenvalue weighted by atomic mass is 9.68. The average molecular weight is 356 g/mol. The molecule has 1 aliphatic heterocycles. The topological polar surface area (TPSA) is 60.5 Å². The van der Waals surface area contributed by atoms with E-state index in [1.54, 1.807) is 6.39 Å². The van der Waals surface area contributed by atoms with Gasteiger partial charge in [-0.2, -0.15) is 0 Å². The number of aromatic nitrogens is 2. The zero-order valence-electron chi connectivity index (χ0n) is 15.2. The fraction of sp³-hybridized carbons (Fsp3) is 0.526. The summed E-state index contributed by atoms with van der Waals surface area (Å²) in [5, 5.41) is 0. The van der Waals surface area contributed by atoms with Crippen molar-refractivity contribution in [1.82, 2.24) is 9.97 Å². The van der Waals surface area contributed by atoms with Crippen molar-refractivity contribution in [2.24, 2.45) is 4.99 Å². The second kappa shape index (κ2) is 6.18. The zero-order valence-corrected chi connectivity index (χ0v) is 16.2. The summed E-state index contributed by atoms with van der Waals surface area (Å²) in [5.74, 6) is 1.86. The van der Waals surface area contributed by atoms with E-state index in [0.717, 1.165) is 48.9 Å². The standard InChI is InChI=1S/C19H25N3O2Si/c1-25(2,3)10-9-23-12-17-19(14-5-4-8-20-18(14)22-17)7-6-16-15(11-19)21-13-24-16/h4-5,8,13H,6-7,9-12H2,1-3H3. The number of ether oxygens (including phenoxy) is 1. The molecule has 0 saturated carbocycles. The molecule has 0 bridgehead atoms. The highest BCUT2D eigenvalue weighted by molar-refractivity contribution is 6.76. The lowest BCUT2D eigenvalue weighted by Gasteiger charge is -2.34. The smallest absolute Gasteiger partial charge is 0.181 e. The van der Waals surface area contributed by atoms with E-state index in [2.05, 4.69) is 35.7 Å². The van der Waals surface area contributed by atoms with Gasteiger partial charge in [-0.25, -0.2) is 15.0 Å². The Hall–Kier alpha value is -1.79. The average Bonchev–Trinajstić information content (AvgIpc) is 3.14. The normalized spacial score (nSPS) is 22.0. The third-order valence-electron chi connectivity index (χ3n) is 5.30. The second-order valence-electron chi connectivity index (χ2n) is 8.28. The van der Waals surface area contributed by atoms with E-state index in [0.29, 0.717) is 6.61 Å². The summed E-state index contributed by atoms with van der Waals surface area (Å²) in [6, 6.07) is 5.33. The largest absolute Gasteiger partial charge is 0.448 e. The Balaban J connectivity index is 1.58. The lowest BCUT2D eigenvalue weighted by Crippen LogP contribution is -2.41. The van der Waals surface area contributed by atoms with Crippen LogP contribution in [0.1, 0.15) is 23.4 Å². The fourth-order valence-electron chi connectivity index (χ4n) is 3.79. The van der Waals surface area contributed by atoms with Crippen LogP contribution in [-0.4, -0.2) is 37.0 Å². The van der Waals surface area contributed by atoms with Gasteiger partial charge < -0.3 is 9.15 Å². The molecule has 0 amide bonds. The van der Waals surface area contributed by atoms with Crippen molar-refractivity contribution >= 4 is 19.6 Å². The lowest BCUT2D eigenvalue weighted by molar-refractivity contribution is 0.181. The summed E-state index contributed by atoms with van der Waals surface area (Å²) in [5.41, 5.74) is 3.24. The minimum Gasteiger partial charge on any atom is -0.448 e. The Kier molecular flexibility index (Phi) is 4.12. The first kappa shape index (κ1) is 16.7. The Morgan fingerprint density at radius 2 is 2.16 bits per heavy atom. The van der Waals surface area contributed by atoms with Gasteiger partial charge in [0, 0.05) is 44.7 Å². The monoisotopic (exact) mass is 355 g/mol. The number of fused-ring (bicyclic) bond motifs is 3. The molecule has 0 fully saturated rings. The van der Waals surface area contributed by atoms with Crippen molar-refractivity contribution in [3.05, 3.63) is 41.7 Å². The van der Waals surface area contributed by atoms with Crippen LogP contribution < -0.4 is 0 Å². The number of hydrogen-bond acceptors (Lipinski definition) is 5. The molecule has 2 aromatic rings. The van der Waals surface area contributed by atoms with Gasteiger partial charge in [0.15, 0.2) is 12.2 Å². The number of aliphatic imine (C=N–C) groups is 1. The maximum Gasteiger partial charge on any atom is 0.181 e. The molecule has 25 heavy (non-hydrogen) atoms. The van der Waals surface area contributed by atoms with E-state index in [1.165, 1.54) is 11.6 Å². The summed E-state index contributed by atoms with van der Waals surface area (Å²) in [4.78, 5) is 13.8. The summed E-state index contributed by atoms with van der Waals surface area (Å²) in [7, 11) is -1.08. The molecule has 4 rings (SSSR count). The van der Waals surface area contributed by atoms with Gasteiger partial charge in [-0.15, -0.1) is 0 Å². The highest BCUT2D eigenvalue weighted by atomic mass is 28.3. The SMILES string of the molecule is C[Si](C)(C)CCOCC1=Nc2ncccc2C12CCc1ocnc1C2. The molecule has 0 saturated heterocycles. The molecule has 132 valence electrons. The van der Waals surface area contributed by atoms with Crippen LogP contribution >= 0.6 is 0 Å². The van der Waals surface area contributed by atoms with Crippen molar-refractivity contribution in [2.75, 3.05) is 13.2 Å². The molecule has 1 unspecified atom stereocenters. The fourth-order valence-corrected chi connectivity index (χ4v) is 4.54. The number of hydrogen-bond donors (Lipinski definition) is 0. The van der Waals surface area contributed by atoms with Crippen LogP contribution in [0, 0.1) is 0 Å². The molecular weight excluding hydrogens is 330 g/mol. The van der Waals surface area contributed by atoms with Crippen LogP contribution in [0.4, 0.5) is 5.82 Å². The van der Waals surface area contributed by atoms with E-state index in [4.69, 9.17) is 14.1 Å². The van der Waals surface area contributed by atoms with Gasteiger partial charge in [0.25, 0.3) is 0 Å². The van der Waals surface area contributed by atoms with Crippen molar-refractivity contribution in [1.29, 1.82) is 0 Å². The highest BCUT2D eigenvalue weighted by Crippen LogP contribution is 2.47. The first-order valence-electron chi connectivity index (χ1n) is 9.00. The molecule has 0 radical (unpaired) electrons. The molecule has 1 atom stereocenters. The van der Waals surface area contributed by atoms with Crippen LogP contribution in [0.25, 0.3) is 0 Å². The predicted molar refractivity (Wildman–Crippen MR) is 101 cm³/mol. The minimum absolute atomic E-state index is 0.132. The zero-order chi connectivity index (χ0) is 17.5. The maximum absolute atomic E-state index is 6.05. The van der Waals surface area contributed by atoms with Crippen molar-refractivity contribution in [2.45, 2.75) is 50.4 Å². The van der Waals surface area contributed by atoms with Gasteiger partial charge in [-0.3, -0.25) is 0 Å². The van der Waals surface area contributed by atoms with Crippen molar-refractivity contribution in [3.63, 3.8) is 0 Å². The second-order valence-corrected chi connectivity index (χ2v) is 13.9. The van der Waals surface area contributed by atoms with Crippen molar-refractivity contribution < 1.29 is 9.15 Å². The minimum atomic E-state index is -1.08. The molecular formula is C19H25N3O2Si. The molecule has 1 spiro atoms. The van der Waals surface area contributed by atoms with E-state index in [-0.39, 0.29) is 5.41 Å². The van der Waals surface area contributed by atoms with Crippen LogP contribution in [0.3, 0.4) is 0 Å². The molecule has 1 aliphatic carbocycles. The summed E-state index contributed by atoms with van der Waals surface area (Å²) in [6.07, 6.45) is 6.06. The molecule has 6 heteroatoms. The third-order valence-corrected chi connectivity index (χ3v) is 7.01. The number of aryl methyl sites for hydroxylation is 1. The third kappa shape index (κ3) is 3.09. The summed E-state index contributed by atoms with van der Waals surface area (Å²) < 4.78 is 11.6. The number of pyridine rings is 1. The van der Waals surface area contributed by atoms with Gasteiger partial charge in [0.1, 0.15) is 5.76 Å². The molecule has 2 aliphatic rings. The van der Waals surface area contributed by atoms with Gasteiger partial charge in [0.2, 0.25) is 0 Å². The van der Waals surface area contributed by atoms with Crippen LogP contribution in [0.5, 0.6) is 0 Å². The predicted octanol–water partition coefficient (Wildman–Crippen LogP) is 3.94. The molecule has 0 N–H and O–H groups in total. The maximum atomic E-state index is 6.05. The summed E-state index contributed by atoms with van der Waals surface area (Å²) in [6.45, 7) is 8.51. The van der Waals surface area contributed by atoms with Crippen LogP contribution in [0.15, 0.2) is 34.1 Å². The highest BCUT2D eigenvalue weighted by Gasteiger charge is 2.47. The van der Waals surface area contributed by atoms with Crippen molar-refractivity contribution in [3.8, 4) is 0 Å². The number of rotatable bonds is 5. The molecule has 0 aromatic carbocycles. The molecule has 5 nitrogen and oxygen atoms in total. The first-order chi connectivity index (χ1) is 12.0. The number of oxazole rings is 1. The van der Waals surface area contributed by atoms with Gasteiger partial charge in [-0.1, -0.05) is 25.7 Å². The Morgan fingerprint density at radius 1 is 1.28 bits per heavy atom. The Labute approximate surface area is 149 Å². The van der Waals surface area contributed by atoms with Crippen LogP contribution in [-0.2, 0) is 23.0 Å². The first-order valence-corrected chi connectivity index (χ1v) is 12.7. The Morgan fingerprint density at radius 3 is 3.00 bits per heavy atom. The van der Waals surface area contributed by atoms with Gasteiger partial charge in [0.05, 0.1) is 18.0 Å². The molecule has 3 heterocycles. The van der Waals surface area contributed by atoms with Gasteiger partial charge in [-0.05, 0) is 18.5 Å². The molecule has 2 aromatic heterocycles. The quantitative estimate of drug-likeness (QED) is 0.602. The van der Waals surface area contributed by atoms with E-state index in [9.17, 15) is 0 Å². The van der Waals surface area contributed by atoms with Gasteiger partial charge >= 0.3 is 0 Å². The van der Waals surface area contributed by atoms with E-state index in [1.807, 2.05) is 12.3 Å². The van der Waals surface area contributed by atoms with Crippen LogP contribution in [0.2, 0.25) is 25.7 Å². The van der Waals surface area contributed by atoms with E-state index < -0.39 is 8.07 Å². The van der Waals surface area contributed by atoms with E-state index >= 15 is 0 Å². The summed E-state index contributed by atoms with van der Waals surface area (Å²) >= 11 is 0. The Bertz CT molecular complexity index is 809. The number of nitrogens with zero attached hydrogens (tertiary/aromatic N) is 3.